The molecule has 3 aliphatic carbocycles. The minimum Gasteiger partial charge on any atom is -0.257 e. The molecule has 0 radical (unpaired) electrons. The molecule has 47 heavy (non-hydrogen) atoms. The monoisotopic (exact) mass is 654 g/mol. The molecule has 0 spiro atoms. The van der Waals surface area contributed by atoms with Crippen LogP contribution in [0.5, 0.6) is 0 Å². The van der Waals surface area contributed by atoms with Crippen molar-refractivity contribution in [3.63, 3.8) is 0 Å². The quantitative estimate of drug-likeness (QED) is 0.140. The van der Waals surface area contributed by atoms with E-state index in [9.17, 15) is 0 Å². The Hall–Kier alpha value is -1.94. The summed E-state index contributed by atoms with van der Waals surface area (Å²) < 4.78 is 3.84. The summed E-state index contributed by atoms with van der Waals surface area (Å²) in [5.74, 6) is 2.00. The standard InChI is InChI=1S/C44H69N2Si/c1-15-17-25-44(26-18-16-2)39-29-33(32-19-22-35(23-20-32)42(4,5)6)21-24-36(39)38-28-34-27-31(3)41(37(34)30-40(38)44)47(13,14)45(43(7,8)9)46(10,11)12/h19-24,28-31,34,37,41H,15-18,25-27H2,1-14H3/q+1. The topological polar surface area (TPSA) is 3.24 Å². The molecule has 0 heterocycles. The van der Waals surface area contributed by atoms with Gasteiger partial charge in [-0.25, -0.2) is 0 Å². The van der Waals surface area contributed by atoms with E-state index in [2.05, 4.69) is 156 Å². The molecule has 4 unspecified atom stereocenters. The van der Waals surface area contributed by atoms with E-state index in [4.69, 9.17) is 0 Å². The lowest BCUT2D eigenvalue weighted by molar-refractivity contribution is -0.978. The van der Waals surface area contributed by atoms with E-state index in [0.29, 0.717) is 11.8 Å². The van der Waals surface area contributed by atoms with Crippen molar-refractivity contribution in [2.75, 3.05) is 21.1 Å². The van der Waals surface area contributed by atoms with Crippen molar-refractivity contribution in [3.05, 3.63) is 76.9 Å². The average molecular weight is 654 g/mol. The van der Waals surface area contributed by atoms with E-state index in [0.717, 1.165) is 16.1 Å². The Morgan fingerprint density at radius 1 is 0.830 bits per heavy atom. The van der Waals surface area contributed by atoms with E-state index >= 15 is 0 Å². The zero-order chi connectivity index (χ0) is 34.7. The molecule has 3 aliphatic rings. The fraction of sp³-hybridized carbons (Fsp3) is 0.636. The number of rotatable bonds is 10. The van der Waals surface area contributed by atoms with Gasteiger partial charge < -0.3 is 0 Å². The molecule has 258 valence electrons. The maximum atomic E-state index is 2.93. The molecule has 0 aliphatic heterocycles. The maximum Gasteiger partial charge on any atom is 0.191 e. The van der Waals surface area contributed by atoms with Crippen molar-refractivity contribution in [2.45, 2.75) is 142 Å². The van der Waals surface area contributed by atoms with Gasteiger partial charge in [-0.3, -0.25) is 4.59 Å². The summed E-state index contributed by atoms with van der Waals surface area (Å²) in [4.78, 5) is 0. The molecule has 2 nitrogen and oxygen atoms in total. The van der Waals surface area contributed by atoms with Crippen LogP contribution in [0.25, 0.3) is 16.7 Å². The predicted molar refractivity (Wildman–Crippen MR) is 209 cm³/mol. The van der Waals surface area contributed by atoms with Crippen LogP contribution in [0.2, 0.25) is 18.6 Å². The fourth-order valence-electron chi connectivity index (χ4n) is 11.2. The van der Waals surface area contributed by atoms with Crippen molar-refractivity contribution in [2.24, 2.45) is 17.8 Å². The van der Waals surface area contributed by atoms with Crippen LogP contribution in [-0.2, 0) is 10.8 Å². The predicted octanol–water partition coefficient (Wildman–Crippen LogP) is 12.2. The first kappa shape index (κ1) is 36.3. The molecule has 0 saturated heterocycles. The third kappa shape index (κ3) is 6.55. The number of hydrogen-bond acceptors (Lipinski definition) is 1. The fourth-order valence-corrected chi connectivity index (χ4v) is 17.5. The molecule has 0 bridgehead atoms. The van der Waals surface area contributed by atoms with E-state index in [1.165, 1.54) is 67.2 Å². The first-order chi connectivity index (χ1) is 21.8. The summed E-state index contributed by atoms with van der Waals surface area (Å²) in [5, 5.41) is 0. The minimum absolute atomic E-state index is 0.116. The molecule has 2 aromatic rings. The highest BCUT2D eigenvalue weighted by molar-refractivity contribution is 6.76. The molecule has 2 aromatic carbocycles. The number of allylic oxidation sites excluding steroid dienone is 4. The lowest BCUT2D eigenvalue weighted by atomic mass is 9.68. The molecule has 0 aromatic heterocycles. The van der Waals surface area contributed by atoms with Gasteiger partial charge in [0.15, 0.2) is 8.24 Å². The van der Waals surface area contributed by atoms with Gasteiger partial charge in [0.05, 0.1) is 26.7 Å². The van der Waals surface area contributed by atoms with Gasteiger partial charge in [-0.1, -0.05) is 129 Å². The van der Waals surface area contributed by atoms with Crippen molar-refractivity contribution < 1.29 is 4.59 Å². The summed E-state index contributed by atoms with van der Waals surface area (Å²) >= 11 is 0. The smallest absolute Gasteiger partial charge is 0.191 e. The second-order valence-corrected chi connectivity index (χ2v) is 23.5. The Kier molecular flexibility index (Phi) is 9.85. The summed E-state index contributed by atoms with van der Waals surface area (Å²) in [7, 11) is 5.30. The number of unbranched alkanes of at least 4 members (excludes halogenated alkanes) is 2. The van der Waals surface area contributed by atoms with Crippen molar-refractivity contribution in [3.8, 4) is 11.1 Å². The van der Waals surface area contributed by atoms with Gasteiger partial charge in [-0.15, -0.1) is 0 Å². The molecule has 0 amide bonds. The summed E-state index contributed by atoms with van der Waals surface area (Å²) in [5.41, 5.74) is 11.7. The van der Waals surface area contributed by atoms with Crippen molar-refractivity contribution in [1.29, 1.82) is 0 Å². The molecule has 3 heteroatoms. The van der Waals surface area contributed by atoms with Gasteiger partial charge >= 0.3 is 0 Å². The van der Waals surface area contributed by atoms with Crippen LogP contribution in [0.4, 0.5) is 0 Å². The highest BCUT2D eigenvalue weighted by Gasteiger charge is 2.59. The second-order valence-electron chi connectivity index (χ2n) is 19.1. The SMILES string of the molecule is CCCCC1(CCCC)C2=CC3C(C=C2c2ccc(-c4ccc(C(C)(C)C)cc4)cc21)CC(C)C3[Si](C)(C)N(C(C)(C)C)[N+](C)(C)C. The Balaban J connectivity index is 1.66. The molecule has 4 atom stereocenters. The number of benzene rings is 2. The number of nitrogens with zero attached hydrogens (tertiary/aromatic N) is 2. The Labute approximate surface area is 291 Å². The Morgan fingerprint density at radius 3 is 1.91 bits per heavy atom. The van der Waals surface area contributed by atoms with Gasteiger partial charge in [-0.2, -0.15) is 4.67 Å². The molecule has 0 N–H and O–H groups in total. The highest BCUT2D eigenvalue weighted by atomic mass is 28.3. The van der Waals surface area contributed by atoms with Crippen LogP contribution >= 0.6 is 0 Å². The summed E-state index contributed by atoms with van der Waals surface area (Å²) in [6, 6.07) is 17.0. The van der Waals surface area contributed by atoms with Gasteiger partial charge in [0.2, 0.25) is 0 Å². The molecule has 5 rings (SSSR count). The normalized spacial score (nSPS) is 24.1. The summed E-state index contributed by atoms with van der Waals surface area (Å²) in [6.45, 7) is 27.0. The van der Waals surface area contributed by atoms with Crippen LogP contribution in [0, 0.1) is 17.8 Å². The zero-order valence-corrected chi connectivity index (χ0v) is 33.8. The lowest BCUT2D eigenvalue weighted by Crippen LogP contribution is -2.72. The van der Waals surface area contributed by atoms with Crippen LogP contribution in [0.1, 0.15) is 124 Å². The first-order valence-corrected chi connectivity index (χ1v) is 22.1. The van der Waals surface area contributed by atoms with Gasteiger partial charge in [0.25, 0.3) is 0 Å². The highest BCUT2D eigenvalue weighted by Crippen LogP contribution is 2.63. The minimum atomic E-state index is -1.90. The van der Waals surface area contributed by atoms with E-state index in [1.54, 1.807) is 16.7 Å². The van der Waals surface area contributed by atoms with E-state index in [1.807, 2.05) is 0 Å². The maximum absolute atomic E-state index is 2.93. The third-order valence-electron chi connectivity index (χ3n) is 12.1. The van der Waals surface area contributed by atoms with Gasteiger partial charge in [0.1, 0.15) is 0 Å². The van der Waals surface area contributed by atoms with E-state index < -0.39 is 8.24 Å². The molecular formula is C44H69N2Si+. The lowest BCUT2D eigenvalue weighted by Gasteiger charge is -2.55. The third-order valence-corrected chi connectivity index (χ3v) is 17.1. The van der Waals surface area contributed by atoms with Crippen LogP contribution < -0.4 is 0 Å². The van der Waals surface area contributed by atoms with Gasteiger partial charge in [-0.05, 0) is 114 Å². The largest absolute Gasteiger partial charge is 0.257 e. The van der Waals surface area contributed by atoms with E-state index in [-0.39, 0.29) is 16.4 Å². The number of hydrogen-bond donors (Lipinski definition) is 0. The van der Waals surface area contributed by atoms with Crippen molar-refractivity contribution >= 4 is 13.8 Å². The number of fused-ring (bicyclic) bond motifs is 4. The van der Waals surface area contributed by atoms with Crippen molar-refractivity contribution in [1.82, 2.24) is 4.67 Å². The van der Waals surface area contributed by atoms with Gasteiger partial charge in [0, 0.05) is 5.41 Å². The Bertz CT molecular complexity index is 1470. The van der Waals surface area contributed by atoms with Crippen LogP contribution in [0.3, 0.4) is 0 Å². The summed E-state index contributed by atoms with van der Waals surface area (Å²) in [6.07, 6.45) is 14.6. The van der Waals surface area contributed by atoms with Crippen LogP contribution in [-0.4, -0.2) is 44.2 Å². The molecule has 1 saturated carbocycles. The molecule has 1 fully saturated rings. The zero-order valence-electron chi connectivity index (χ0n) is 32.8. The second kappa shape index (κ2) is 12.7. The first-order valence-electron chi connectivity index (χ1n) is 19.1. The Morgan fingerprint density at radius 2 is 1.40 bits per heavy atom. The number of quaternary nitrogens is 1. The molecular weight excluding hydrogens is 585 g/mol. The van der Waals surface area contributed by atoms with Crippen LogP contribution in [0.15, 0.2) is 60.2 Å². The average Bonchev–Trinajstić information content (AvgIpc) is 3.42.